The number of carbonyl (C=O) groups is 1. The van der Waals surface area contributed by atoms with Gasteiger partial charge in [0.05, 0.1) is 5.70 Å². The molecule has 0 saturated carbocycles. The second kappa shape index (κ2) is 8.14. The summed E-state index contributed by atoms with van der Waals surface area (Å²) in [6.07, 6.45) is 3.84. The minimum atomic E-state index is -0.866. The fourth-order valence-corrected chi connectivity index (χ4v) is 4.45. The fourth-order valence-electron chi connectivity index (χ4n) is 4.45. The first-order valence-electron chi connectivity index (χ1n) is 10.2. The average molecular weight is 419 g/mol. The van der Waals surface area contributed by atoms with Crippen LogP contribution in [0.5, 0.6) is 0 Å². The molecule has 2 unspecified atom stereocenters. The Hall–Kier alpha value is -3.81. The van der Waals surface area contributed by atoms with Crippen LogP contribution in [0.1, 0.15) is 41.0 Å². The Kier molecular flexibility index (Phi) is 5.37. The van der Waals surface area contributed by atoms with E-state index < -0.39 is 5.97 Å². The Morgan fingerprint density at radius 2 is 1.55 bits per heavy atom. The summed E-state index contributed by atoms with van der Waals surface area (Å²) in [6.45, 7) is 0.717. The van der Waals surface area contributed by atoms with Gasteiger partial charge < -0.3 is 26.4 Å². The van der Waals surface area contributed by atoms with Crippen LogP contribution in [-0.4, -0.2) is 51.8 Å². The molecule has 0 spiro atoms. The first-order chi connectivity index (χ1) is 14.8. The van der Waals surface area contributed by atoms with Gasteiger partial charge in [-0.15, -0.1) is 0 Å². The third kappa shape index (κ3) is 4.09. The molecule has 0 amide bonds. The highest BCUT2D eigenvalue weighted by atomic mass is 16.4. The molecule has 2 aromatic rings. The van der Waals surface area contributed by atoms with Crippen molar-refractivity contribution in [2.75, 3.05) is 13.1 Å². The van der Waals surface area contributed by atoms with E-state index in [1.165, 1.54) is 5.56 Å². The predicted octanol–water partition coefficient (Wildman–Crippen LogP) is 2.16. The van der Waals surface area contributed by atoms with Crippen LogP contribution in [0.25, 0.3) is 5.70 Å². The number of nitrogens with one attached hydrogen (secondary N) is 2. The van der Waals surface area contributed by atoms with Gasteiger partial charge in [0.25, 0.3) is 0 Å². The normalized spacial score (nSPS) is 20.2. The van der Waals surface area contributed by atoms with Crippen LogP contribution in [0.2, 0.25) is 0 Å². The van der Waals surface area contributed by atoms with Crippen LogP contribution in [0, 0.1) is 10.8 Å². The minimum Gasteiger partial charge on any atom is -0.480 e. The highest BCUT2D eigenvalue weighted by Gasteiger charge is 2.38. The summed E-state index contributed by atoms with van der Waals surface area (Å²) < 4.78 is 0. The van der Waals surface area contributed by atoms with Gasteiger partial charge >= 0.3 is 5.97 Å². The SMILES string of the molecule is N=C(N)c1ccc(C2=CN3CC(c4ccc(C(=N)N)cc4)CCC3N2CC(=O)O)cc1. The Labute approximate surface area is 180 Å². The van der Waals surface area contributed by atoms with Gasteiger partial charge in [0, 0.05) is 29.8 Å². The zero-order chi connectivity index (χ0) is 22.1. The van der Waals surface area contributed by atoms with Crippen molar-refractivity contribution in [3.63, 3.8) is 0 Å². The van der Waals surface area contributed by atoms with Crippen molar-refractivity contribution in [1.29, 1.82) is 10.8 Å². The molecule has 7 N–H and O–H groups in total. The fraction of sp³-hybridized carbons (Fsp3) is 0.261. The number of piperidine rings is 1. The third-order valence-electron chi connectivity index (χ3n) is 6.04. The molecule has 0 bridgehead atoms. The quantitative estimate of drug-likeness (QED) is 0.359. The molecule has 2 atom stereocenters. The monoisotopic (exact) mass is 418 g/mol. The van der Waals surface area contributed by atoms with Crippen LogP contribution in [0.4, 0.5) is 0 Å². The van der Waals surface area contributed by atoms with E-state index in [-0.39, 0.29) is 24.4 Å². The Bertz CT molecular complexity index is 1040. The highest BCUT2D eigenvalue weighted by Crippen LogP contribution is 2.39. The number of fused-ring (bicyclic) bond motifs is 1. The lowest BCUT2D eigenvalue weighted by Crippen LogP contribution is -2.46. The minimum absolute atomic E-state index is 0.00500. The zero-order valence-electron chi connectivity index (χ0n) is 17.1. The predicted molar refractivity (Wildman–Crippen MR) is 120 cm³/mol. The Morgan fingerprint density at radius 3 is 2.10 bits per heavy atom. The molecule has 8 nitrogen and oxygen atoms in total. The van der Waals surface area contributed by atoms with Gasteiger partial charge in [0.2, 0.25) is 0 Å². The van der Waals surface area contributed by atoms with Crippen LogP contribution >= 0.6 is 0 Å². The molecule has 0 radical (unpaired) electrons. The zero-order valence-corrected chi connectivity index (χ0v) is 17.1. The number of hydrogen-bond acceptors (Lipinski definition) is 5. The van der Waals surface area contributed by atoms with E-state index in [1.807, 2.05) is 47.5 Å². The lowest BCUT2D eigenvalue weighted by molar-refractivity contribution is -0.138. The molecule has 1 fully saturated rings. The number of rotatable bonds is 6. The lowest BCUT2D eigenvalue weighted by atomic mass is 9.89. The molecule has 2 aromatic carbocycles. The number of carboxylic acids is 1. The van der Waals surface area contributed by atoms with Crippen molar-refractivity contribution in [1.82, 2.24) is 9.80 Å². The summed E-state index contributed by atoms with van der Waals surface area (Å²) in [5, 5.41) is 24.6. The second-order valence-electron chi connectivity index (χ2n) is 8.01. The standard InChI is InChI=1S/C23H26N6O2/c24-22(25)16-5-1-14(2-6-16)18-9-10-20-28(11-18)12-19(29(20)13-21(30)31)15-3-7-17(8-4-15)23(26)27/h1-8,12,18,20H,9-11,13H2,(H3,24,25)(H3,26,27)(H,30,31). The Balaban J connectivity index is 1.59. The number of nitrogens with zero attached hydrogens (tertiary/aromatic N) is 2. The van der Waals surface area contributed by atoms with E-state index in [2.05, 4.69) is 4.90 Å². The van der Waals surface area contributed by atoms with Crippen LogP contribution in [0.3, 0.4) is 0 Å². The van der Waals surface area contributed by atoms with Crippen LogP contribution < -0.4 is 11.5 Å². The van der Waals surface area contributed by atoms with Crippen molar-refractivity contribution in [3.8, 4) is 0 Å². The number of amidine groups is 2. The topological polar surface area (TPSA) is 144 Å². The summed E-state index contributed by atoms with van der Waals surface area (Å²) in [7, 11) is 0. The highest BCUT2D eigenvalue weighted by molar-refractivity contribution is 5.95. The van der Waals surface area contributed by atoms with Gasteiger partial charge in [0.15, 0.2) is 0 Å². The van der Waals surface area contributed by atoms with E-state index in [0.717, 1.165) is 30.6 Å². The molecule has 8 heteroatoms. The average Bonchev–Trinajstić information content (AvgIpc) is 3.11. The second-order valence-corrected chi connectivity index (χ2v) is 8.01. The van der Waals surface area contributed by atoms with Gasteiger partial charge in [-0.25, -0.2) is 0 Å². The van der Waals surface area contributed by atoms with Gasteiger partial charge in [-0.2, -0.15) is 0 Å². The molecule has 2 heterocycles. The van der Waals surface area contributed by atoms with Crippen LogP contribution in [0.15, 0.2) is 54.7 Å². The number of carboxylic acid groups (broad SMARTS) is 1. The molecule has 160 valence electrons. The van der Waals surface area contributed by atoms with Gasteiger partial charge in [0.1, 0.15) is 24.4 Å². The summed E-state index contributed by atoms with van der Waals surface area (Å²) >= 11 is 0. The number of nitrogen functional groups attached to an aromatic ring is 2. The van der Waals surface area contributed by atoms with Gasteiger partial charge in [-0.05, 0) is 24.0 Å². The Morgan fingerprint density at radius 1 is 0.968 bits per heavy atom. The summed E-state index contributed by atoms with van der Waals surface area (Å²) in [6, 6.07) is 15.1. The molecule has 0 aliphatic carbocycles. The van der Waals surface area contributed by atoms with E-state index in [0.29, 0.717) is 17.0 Å². The molecule has 1 saturated heterocycles. The third-order valence-corrected chi connectivity index (χ3v) is 6.04. The summed E-state index contributed by atoms with van der Waals surface area (Å²) in [4.78, 5) is 15.7. The maximum absolute atomic E-state index is 11.6. The summed E-state index contributed by atoms with van der Waals surface area (Å²) in [5.41, 5.74) is 15.4. The van der Waals surface area contributed by atoms with Crippen molar-refractivity contribution < 1.29 is 9.90 Å². The molecule has 2 aliphatic rings. The molecule has 2 aliphatic heterocycles. The molecular formula is C23H26N6O2. The number of aliphatic carboxylic acids is 1. The summed E-state index contributed by atoms with van der Waals surface area (Å²) in [5.74, 6) is -0.484. The van der Waals surface area contributed by atoms with Crippen molar-refractivity contribution in [3.05, 3.63) is 77.0 Å². The number of hydrogen-bond donors (Lipinski definition) is 5. The molecular weight excluding hydrogens is 392 g/mol. The largest absolute Gasteiger partial charge is 0.480 e. The lowest BCUT2D eigenvalue weighted by Gasteiger charge is -2.40. The maximum atomic E-state index is 11.6. The van der Waals surface area contributed by atoms with Crippen LogP contribution in [-0.2, 0) is 4.79 Å². The number of nitrogens with two attached hydrogens (primary N) is 2. The number of benzene rings is 2. The molecule has 4 rings (SSSR count). The van der Waals surface area contributed by atoms with E-state index >= 15 is 0 Å². The molecule has 0 aromatic heterocycles. The van der Waals surface area contributed by atoms with Crippen molar-refractivity contribution >= 4 is 23.3 Å². The van der Waals surface area contributed by atoms with Gasteiger partial charge in [-0.1, -0.05) is 48.5 Å². The van der Waals surface area contributed by atoms with Crippen molar-refractivity contribution in [2.45, 2.75) is 24.9 Å². The van der Waals surface area contributed by atoms with E-state index in [9.17, 15) is 9.90 Å². The van der Waals surface area contributed by atoms with E-state index in [1.54, 1.807) is 12.1 Å². The molecule has 31 heavy (non-hydrogen) atoms. The smallest absolute Gasteiger partial charge is 0.323 e. The first kappa shape index (κ1) is 20.5. The maximum Gasteiger partial charge on any atom is 0.323 e. The van der Waals surface area contributed by atoms with Crippen molar-refractivity contribution in [2.24, 2.45) is 11.5 Å². The first-order valence-corrected chi connectivity index (χ1v) is 10.2. The van der Waals surface area contributed by atoms with Gasteiger partial charge in [-0.3, -0.25) is 15.6 Å². The van der Waals surface area contributed by atoms with E-state index in [4.69, 9.17) is 22.3 Å².